The molecule has 0 fully saturated rings. The van der Waals surface area contributed by atoms with Crippen LogP contribution < -0.4 is 15.5 Å². The SMILES string of the molecule is CCOC(=O)CCn1c(NC(=O)Nc2ccc(C#N)cc2)nc2cc(N(C)C(=O)c3ccccc3)ccc21. The minimum absolute atomic E-state index is 0.0827. The molecule has 0 saturated heterocycles. The van der Waals surface area contributed by atoms with E-state index in [1.54, 1.807) is 85.3 Å². The first-order valence-electron chi connectivity index (χ1n) is 12.0. The van der Waals surface area contributed by atoms with Gasteiger partial charge in [-0.3, -0.25) is 14.9 Å². The Morgan fingerprint density at radius 3 is 2.45 bits per heavy atom. The van der Waals surface area contributed by atoms with E-state index in [2.05, 4.69) is 15.6 Å². The summed E-state index contributed by atoms with van der Waals surface area (Å²) in [6, 6.07) is 22.2. The van der Waals surface area contributed by atoms with E-state index < -0.39 is 6.03 Å². The molecule has 10 nitrogen and oxygen atoms in total. The quantitative estimate of drug-likeness (QED) is 0.328. The lowest BCUT2D eigenvalue weighted by Crippen LogP contribution is -2.26. The molecule has 38 heavy (non-hydrogen) atoms. The number of hydrogen-bond donors (Lipinski definition) is 2. The molecule has 0 saturated carbocycles. The third-order valence-corrected chi connectivity index (χ3v) is 5.79. The van der Waals surface area contributed by atoms with Crippen LogP contribution in [0.3, 0.4) is 0 Å². The molecule has 0 bridgehead atoms. The number of carbonyl (C=O) groups excluding carboxylic acids is 3. The highest BCUT2D eigenvalue weighted by atomic mass is 16.5. The second-order valence-corrected chi connectivity index (χ2v) is 8.31. The van der Waals surface area contributed by atoms with E-state index in [4.69, 9.17) is 10.00 Å². The molecule has 0 aliphatic heterocycles. The van der Waals surface area contributed by atoms with Crippen molar-refractivity contribution in [2.24, 2.45) is 0 Å². The molecule has 1 heterocycles. The standard InChI is InChI=1S/C28H26N6O4/c1-3-38-25(35)15-16-34-24-14-13-22(33(2)26(36)20-7-5-4-6-8-20)17-23(24)31-27(34)32-28(37)30-21-11-9-19(18-29)10-12-21/h4-14,17H,3,15-16H2,1-2H3,(H2,30,31,32,37). The summed E-state index contributed by atoms with van der Waals surface area (Å²) in [5, 5.41) is 14.4. The van der Waals surface area contributed by atoms with Crippen LogP contribution in [0.15, 0.2) is 72.8 Å². The summed E-state index contributed by atoms with van der Waals surface area (Å²) in [6.07, 6.45) is 0.0827. The number of aryl methyl sites for hydroxylation is 1. The Bertz CT molecular complexity index is 1510. The summed E-state index contributed by atoms with van der Waals surface area (Å²) in [7, 11) is 1.68. The van der Waals surface area contributed by atoms with Crippen LogP contribution in [0.2, 0.25) is 0 Å². The maximum absolute atomic E-state index is 12.9. The average molecular weight is 511 g/mol. The molecule has 0 radical (unpaired) electrons. The van der Waals surface area contributed by atoms with Crippen molar-refractivity contribution in [1.29, 1.82) is 5.26 Å². The van der Waals surface area contributed by atoms with E-state index in [0.29, 0.717) is 33.5 Å². The van der Waals surface area contributed by atoms with Gasteiger partial charge in [0.2, 0.25) is 5.95 Å². The number of esters is 1. The number of anilines is 3. The largest absolute Gasteiger partial charge is 0.466 e. The molecule has 10 heteroatoms. The molecule has 0 spiro atoms. The minimum Gasteiger partial charge on any atom is -0.466 e. The van der Waals surface area contributed by atoms with Crippen LogP contribution >= 0.6 is 0 Å². The monoisotopic (exact) mass is 510 g/mol. The number of nitriles is 1. The zero-order chi connectivity index (χ0) is 27.1. The average Bonchev–Trinajstić information content (AvgIpc) is 3.27. The highest BCUT2D eigenvalue weighted by Gasteiger charge is 2.18. The number of ether oxygens (including phenoxy) is 1. The Kier molecular flexibility index (Phi) is 7.98. The van der Waals surface area contributed by atoms with Crippen LogP contribution in [0.1, 0.15) is 29.3 Å². The molecule has 0 atom stereocenters. The van der Waals surface area contributed by atoms with Crippen molar-refractivity contribution in [1.82, 2.24) is 9.55 Å². The summed E-state index contributed by atoms with van der Waals surface area (Å²) >= 11 is 0. The highest BCUT2D eigenvalue weighted by Crippen LogP contribution is 2.26. The number of amides is 3. The number of aromatic nitrogens is 2. The van der Waals surface area contributed by atoms with Crippen LogP contribution in [-0.4, -0.2) is 41.1 Å². The number of hydrogen-bond acceptors (Lipinski definition) is 6. The predicted molar refractivity (Wildman–Crippen MR) is 144 cm³/mol. The number of urea groups is 1. The number of carbonyl (C=O) groups is 3. The fourth-order valence-electron chi connectivity index (χ4n) is 3.87. The molecule has 1 aromatic heterocycles. The highest BCUT2D eigenvalue weighted by molar-refractivity contribution is 6.06. The maximum Gasteiger partial charge on any atom is 0.326 e. The molecule has 0 aliphatic rings. The lowest BCUT2D eigenvalue weighted by atomic mass is 10.2. The molecule has 0 unspecified atom stereocenters. The van der Waals surface area contributed by atoms with Gasteiger partial charge in [0.1, 0.15) is 0 Å². The second kappa shape index (κ2) is 11.7. The molecule has 192 valence electrons. The number of fused-ring (bicyclic) bond motifs is 1. The van der Waals surface area contributed by atoms with Gasteiger partial charge in [-0.2, -0.15) is 5.26 Å². The lowest BCUT2D eigenvalue weighted by molar-refractivity contribution is -0.143. The first-order chi connectivity index (χ1) is 18.4. The number of nitrogens with zero attached hydrogens (tertiary/aromatic N) is 4. The normalized spacial score (nSPS) is 10.4. The molecule has 0 aliphatic carbocycles. The van der Waals surface area contributed by atoms with E-state index in [-0.39, 0.29) is 37.4 Å². The predicted octanol–water partition coefficient (Wildman–Crippen LogP) is 4.78. The van der Waals surface area contributed by atoms with Crippen LogP contribution in [0.25, 0.3) is 11.0 Å². The van der Waals surface area contributed by atoms with Gasteiger partial charge in [-0.15, -0.1) is 0 Å². The summed E-state index contributed by atoms with van der Waals surface area (Å²) in [6.45, 7) is 2.23. The Hall–Kier alpha value is -5.17. The van der Waals surface area contributed by atoms with E-state index in [1.807, 2.05) is 12.1 Å². The number of nitrogens with one attached hydrogen (secondary N) is 2. The molecular weight excluding hydrogens is 484 g/mol. The van der Waals surface area contributed by atoms with E-state index in [1.165, 1.54) is 4.90 Å². The summed E-state index contributed by atoms with van der Waals surface area (Å²) in [5.74, 6) is -0.316. The minimum atomic E-state index is -0.543. The van der Waals surface area contributed by atoms with Crippen molar-refractivity contribution >= 4 is 46.3 Å². The van der Waals surface area contributed by atoms with Gasteiger partial charge < -0.3 is 19.5 Å². The molecule has 2 N–H and O–H groups in total. The second-order valence-electron chi connectivity index (χ2n) is 8.31. The van der Waals surface area contributed by atoms with Gasteiger partial charge >= 0.3 is 12.0 Å². The van der Waals surface area contributed by atoms with Gasteiger partial charge in [0.15, 0.2) is 0 Å². The molecule has 3 aromatic carbocycles. The van der Waals surface area contributed by atoms with Crippen molar-refractivity contribution in [2.45, 2.75) is 19.9 Å². The fraction of sp³-hybridized carbons (Fsp3) is 0.179. The smallest absolute Gasteiger partial charge is 0.326 e. The van der Waals surface area contributed by atoms with Gasteiger partial charge in [0, 0.05) is 30.5 Å². The van der Waals surface area contributed by atoms with Crippen molar-refractivity contribution in [3.05, 3.63) is 83.9 Å². The number of benzene rings is 3. The Morgan fingerprint density at radius 1 is 1.03 bits per heavy atom. The van der Waals surface area contributed by atoms with Crippen molar-refractivity contribution < 1.29 is 19.1 Å². The van der Waals surface area contributed by atoms with E-state index in [0.717, 1.165) is 0 Å². The topological polar surface area (TPSA) is 129 Å². The summed E-state index contributed by atoms with van der Waals surface area (Å²) in [5.41, 5.74) is 3.36. The first kappa shape index (κ1) is 25.9. The maximum atomic E-state index is 12.9. The van der Waals surface area contributed by atoms with Crippen LogP contribution in [0, 0.1) is 11.3 Å². The fourth-order valence-corrected chi connectivity index (χ4v) is 3.87. The zero-order valence-electron chi connectivity index (χ0n) is 21.0. The van der Waals surface area contributed by atoms with Crippen LogP contribution in [0.4, 0.5) is 22.1 Å². The van der Waals surface area contributed by atoms with Gasteiger partial charge in [0.05, 0.1) is 35.7 Å². The van der Waals surface area contributed by atoms with Gasteiger partial charge in [-0.05, 0) is 61.5 Å². The molecular formula is C28H26N6O4. The summed E-state index contributed by atoms with van der Waals surface area (Å²) < 4.78 is 6.77. The third-order valence-electron chi connectivity index (χ3n) is 5.79. The van der Waals surface area contributed by atoms with E-state index >= 15 is 0 Å². The van der Waals surface area contributed by atoms with Crippen molar-refractivity contribution in [3.8, 4) is 6.07 Å². The van der Waals surface area contributed by atoms with Crippen molar-refractivity contribution in [3.63, 3.8) is 0 Å². The van der Waals surface area contributed by atoms with Crippen molar-refractivity contribution in [2.75, 3.05) is 29.2 Å². The Labute approximate surface area is 219 Å². The molecule has 3 amide bonds. The molecule has 4 rings (SSSR count). The number of imidazole rings is 1. The number of rotatable bonds is 8. The summed E-state index contributed by atoms with van der Waals surface area (Å²) in [4.78, 5) is 43.8. The van der Waals surface area contributed by atoms with Gasteiger partial charge in [-0.1, -0.05) is 18.2 Å². The van der Waals surface area contributed by atoms with Gasteiger partial charge in [0.25, 0.3) is 5.91 Å². The van der Waals surface area contributed by atoms with E-state index in [9.17, 15) is 14.4 Å². The van der Waals surface area contributed by atoms with Gasteiger partial charge in [-0.25, -0.2) is 9.78 Å². The lowest BCUT2D eigenvalue weighted by Gasteiger charge is -2.17. The zero-order valence-corrected chi connectivity index (χ0v) is 21.0. The molecule has 4 aromatic rings. The first-order valence-corrected chi connectivity index (χ1v) is 12.0. The van der Waals surface area contributed by atoms with Crippen LogP contribution in [0.5, 0.6) is 0 Å². The Balaban J connectivity index is 1.61. The third kappa shape index (κ3) is 5.96. The van der Waals surface area contributed by atoms with Crippen LogP contribution in [-0.2, 0) is 16.1 Å². The Morgan fingerprint density at radius 2 is 1.76 bits per heavy atom.